The fourth-order valence-electron chi connectivity index (χ4n) is 2.60. The summed E-state index contributed by atoms with van der Waals surface area (Å²) < 4.78 is 82.2. The van der Waals surface area contributed by atoms with E-state index in [9.17, 15) is 26.3 Å². The van der Waals surface area contributed by atoms with Gasteiger partial charge in [-0.05, 0) is 27.6 Å². The maximum absolute atomic E-state index is 13.7. The van der Waals surface area contributed by atoms with Crippen LogP contribution in [0.4, 0.5) is 26.3 Å². The summed E-state index contributed by atoms with van der Waals surface area (Å²) in [6.45, 7) is 3.94. The van der Waals surface area contributed by atoms with E-state index in [4.69, 9.17) is 0 Å². The number of hydrogen-bond acceptors (Lipinski definition) is 0. The molecule has 1 atom stereocenters. The zero-order valence-electron chi connectivity index (χ0n) is 15.5. The molecule has 0 heterocycles. The summed E-state index contributed by atoms with van der Waals surface area (Å²) >= 11 is 0. The predicted molar refractivity (Wildman–Crippen MR) is 94.8 cm³/mol. The van der Waals surface area contributed by atoms with Crippen LogP contribution in [0.1, 0.15) is 90.9 Å². The summed E-state index contributed by atoms with van der Waals surface area (Å²) in [6.07, 6.45) is 6.55. The Kier molecular flexibility index (Phi) is 12.4. The molecule has 0 aliphatic heterocycles. The molecule has 0 aromatic heterocycles. The van der Waals surface area contributed by atoms with Crippen molar-refractivity contribution in [1.29, 1.82) is 0 Å². The Morgan fingerprint density at radius 3 is 1.56 bits per heavy atom. The van der Waals surface area contributed by atoms with Gasteiger partial charge in [-0.3, -0.25) is 0 Å². The SMILES string of the molecule is CCCCCCCCCPC(F)(F)C(F)(F)C(F)(F)CCCCCC. The molecule has 0 fully saturated rings. The van der Waals surface area contributed by atoms with Gasteiger partial charge in [-0.2, -0.15) is 26.3 Å². The van der Waals surface area contributed by atoms with Gasteiger partial charge in [0.15, 0.2) is 0 Å². The quantitative estimate of drug-likeness (QED) is 0.140. The maximum Gasteiger partial charge on any atom is 0.375 e. The van der Waals surface area contributed by atoms with Gasteiger partial charge in [-0.25, -0.2) is 0 Å². The standard InChI is InChI=1S/C18H33F6P/c1-3-5-7-9-10-11-13-15-25-18(23,24)17(21,22)16(19,20)14-12-8-6-4-2/h25H,3-15H2,1-2H3. The molecule has 1 unspecified atom stereocenters. The van der Waals surface area contributed by atoms with E-state index in [0.29, 0.717) is 25.7 Å². The van der Waals surface area contributed by atoms with Crippen LogP contribution in [-0.2, 0) is 0 Å². The number of alkyl halides is 6. The molecule has 0 radical (unpaired) electrons. The predicted octanol–water partition coefficient (Wildman–Crippen LogP) is 8.25. The molecule has 25 heavy (non-hydrogen) atoms. The maximum atomic E-state index is 13.7. The van der Waals surface area contributed by atoms with Crippen molar-refractivity contribution in [2.45, 2.75) is 108 Å². The Bertz CT molecular complexity index is 334. The molecule has 0 rings (SSSR count). The summed E-state index contributed by atoms with van der Waals surface area (Å²) in [7, 11) is -1.46. The van der Waals surface area contributed by atoms with Crippen molar-refractivity contribution in [3.8, 4) is 0 Å². The first-order valence-corrected chi connectivity index (χ1v) is 10.7. The Labute approximate surface area is 150 Å². The van der Waals surface area contributed by atoms with Crippen LogP contribution in [0, 0.1) is 0 Å². The van der Waals surface area contributed by atoms with Gasteiger partial charge < -0.3 is 0 Å². The molecule has 0 aromatic rings. The summed E-state index contributed by atoms with van der Waals surface area (Å²) in [4.78, 5) is 0. The molecule has 7 heteroatoms. The van der Waals surface area contributed by atoms with Crippen molar-refractivity contribution in [3.63, 3.8) is 0 Å². The molecule has 0 N–H and O–H groups in total. The van der Waals surface area contributed by atoms with Crippen molar-refractivity contribution in [1.82, 2.24) is 0 Å². The fourth-order valence-corrected chi connectivity index (χ4v) is 3.74. The molecule has 0 aliphatic rings. The number of hydrogen-bond donors (Lipinski definition) is 0. The highest BCUT2D eigenvalue weighted by molar-refractivity contribution is 7.39. The van der Waals surface area contributed by atoms with Crippen LogP contribution in [0.15, 0.2) is 0 Å². The summed E-state index contributed by atoms with van der Waals surface area (Å²) in [6, 6.07) is 0. The first-order chi connectivity index (χ1) is 11.6. The van der Waals surface area contributed by atoms with Gasteiger partial charge in [0.1, 0.15) is 0 Å². The molecule has 0 nitrogen and oxygen atoms in total. The second kappa shape index (κ2) is 12.4. The molecule has 0 saturated carbocycles. The van der Waals surface area contributed by atoms with Gasteiger partial charge in [-0.15, -0.1) is 0 Å². The third-order valence-corrected chi connectivity index (χ3v) is 5.69. The number of rotatable bonds is 16. The lowest BCUT2D eigenvalue weighted by molar-refractivity contribution is -0.280. The summed E-state index contributed by atoms with van der Waals surface area (Å²) in [5, 5.41) is 0. The van der Waals surface area contributed by atoms with E-state index in [1.54, 1.807) is 0 Å². The van der Waals surface area contributed by atoms with Gasteiger partial charge in [0, 0.05) is 6.42 Å². The van der Waals surface area contributed by atoms with E-state index in [2.05, 4.69) is 6.92 Å². The van der Waals surface area contributed by atoms with Crippen LogP contribution in [0.2, 0.25) is 0 Å². The second-order valence-electron chi connectivity index (χ2n) is 6.71. The normalized spacial score (nSPS) is 13.9. The molecular formula is C18H33F6P. The Hall–Kier alpha value is 0.01000. The lowest BCUT2D eigenvalue weighted by Crippen LogP contribution is -2.52. The largest absolute Gasteiger partial charge is 0.375 e. The third kappa shape index (κ3) is 8.97. The average molecular weight is 394 g/mol. The number of unbranched alkanes of at least 4 members (excludes halogenated alkanes) is 9. The van der Waals surface area contributed by atoms with Gasteiger partial charge in [0.25, 0.3) is 0 Å². The summed E-state index contributed by atoms with van der Waals surface area (Å²) in [5.41, 5.74) is -4.64. The Morgan fingerprint density at radius 1 is 0.600 bits per heavy atom. The van der Waals surface area contributed by atoms with Crippen LogP contribution < -0.4 is 0 Å². The van der Waals surface area contributed by atoms with Crippen molar-refractivity contribution >= 4 is 8.58 Å². The van der Waals surface area contributed by atoms with E-state index in [1.807, 2.05) is 6.92 Å². The van der Waals surface area contributed by atoms with Gasteiger partial charge in [0.05, 0.1) is 0 Å². The first-order valence-electron chi connectivity index (χ1n) is 9.51. The van der Waals surface area contributed by atoms with Gasteiger partial charge in [0.2, 0.25) is 0 Å². The zero-order chi connectivity index (χ0) is 19.4. The third-order valence-electron chi connectivity index (χ3n) is 4.33. The smallest absolute Gasteiger partial charge is 0.200 e. The zero-order valence-corrected chi connectivity index (χ0v) is 16.5. The van der Waals surface area contributed by atoms with E-state index in [1.165, 1.54) is 0 Å². The average Bonchev–Trinajstić information content (AvgIpc) is 2.53. The van der Waals surface area contributed by atoms with Crippen LogP contribution in [0.3, 0.4) is 0 Å². The number of halogens is 6. The van der Waals surface area contributed by atoms with Gasteiger partial charge >= 0.3 is 17.5 Å². The molecule has 0 aromatic carbocycles. The molecular weight excluding hydrogens is 361 g/mol. The van der Waals surface area contributed by atoms with Crippen molar-refractivity contribution < 1.29 is 26.3 Å². The molecule has 152 valence electrons. The minimum atomic E-state index is -5.27. The first kappa shape index (κ1) is 25.0. The molecule has 0 spiro atoms. The van der Waals surface area contributed by atoms with Gasteiger partial charge in [-0.1, -0.05) is 71.6 Å². The highest BCUT2D eigenvalue weighted by Crippen LogP contribution is 2.55. The van der Waals surface area contributed by atoms with Crippen LogP contribution >= 0.6 is 8.58 Å². The molecule has 0 bridgehead atoms. The van der Waals surface area contributed by atoms with Crippen LogP contribution in [-0.4, -0.2) is 23.7 Å². The fraction of sp³-hybridized carbons (Fsp3) is 1.00. The molecule has 0 aliphatic carbocycles. The minimum absolute atomic E-state index is 0.123. The van der Waals surface area contributed by atoms with E-state index >= 15 is 0 Å². The van der Waals surface area contributed by atoms with E-state index < -0.39 is 32.5 Å². The minimum Gasteiger partial charge on any atom is -0.200 e. The summed E-state index contributed by atoms with van der Waals surface area (Å²) in [5.74, 6) is -9.93. The highest BCUT2D eigenvalue weighted by Gasteiger charge is 2.70. The highest BCUT2D eigenvalue weighted by atomic mass is 31.1. The van der Waals surface area contributed by atoms with Crippen molar-refractivity contribution in [3.05, 3.63) is 0 Å². The molecule has 0 saturated heterocycles. The van der Waals surface area contributed by atoms with Crippen LogP contribution in [0.5, 0.6) is 0 Å². The van der Waals surface area contributed by atoms with E-state index in [0.717, 1.165) is 38.5 Å². The lowest BCUT2D eigenvalue weighted by atomic mass is 10.0. The van der Waals surface area contributed by atoms with Crippen molar-refractivity contribution in [2.75, 3.05) is 6.16 Å². The Morgan fingerprint density at radius 2 is 1.04 bits per heavy atom. The topological polar surface area (TPSA) is 0 Å². The lowest BCUT2D eigenvalue weighted by Gasteiger charge is -2.33. The van der Waals surface area contributed by atoms with Crippen molar-refractivity contribution in [2.24, 2.45) is 0 Å². The monoisotopic (exact) mass is 394 g/mol. The second-order valence-corrected chi connectivity index (χ2v) is 8.19. The molecule has 0 amide bonds. The Balaban J connectivity index is 4.27. The van der Waals surface area contributed by atoms with E-state index in [-0.39, 0.29) is 12.6 Å². The van der Waals surface area contributed by atoms with Crippen LogP contribution in [0.25, 0.3) is 0 Å².